The minimum Gasteiger partial charge on any atom is -0.497 e. The number of hydrogen-bond donors (Lipinski definition) is 0. The van der Waals surface area contributed by atoms with E-state index in [2.05, 4.69) is 20.0 Å². The number of carbonyl (C=O) groups is 1. The molecule has 0 bridgehead atoms. The summed E-state index contributed by atoms with van der Waals surface area (Å²) in [6.45, 7) is 1.78. The second-order valence-corrected chi connectivity index (χ2v) is 7.05. The lowest BCUT2D eigenvalue weighted by atomic mass is 10.1. The maximum Gasteiger partial charge on any atom is 0.227 e. The van der Waals surface area contributed by atoms with Crippen LogP contribution in [0.15, 0.2) is 29.8 Å². The molecule has 6 nitrogen and oxygen atoms in total. The van der Waals surface area contributed by atoms with E-state index in [4.69, 9.17) is 4.74 Å². The summed E-state index contributed by atoms with van der Waals surface area (Å²) >= 11 is 1.57. The van der Waals surface area contributed by atoms with Gasteiger partial charge in [-0.15, -0.1) is 10.2 Å². The lowest BCUT2D eigenvalue weighted by Crippen LogP contribution is -2.40. The summed E-state index contributed by atoms with van der Waals surface area (Å²) in [5, 5.41) is 9.11. The van der Waals surface area contributed by atoms with Crippen LogP contribution >= 0.6 is 11.3 Å². The Kier molecular flexibility index (Phi) is 4.10. The highest BCUT2D eigenvalue weighted by atomic mass is 32.1. The first kappa shape index (κ1) is 15.4. The molecule has 1 aromatic heterocycles. The highest BCUT2D eigenvalue weighted by Crippen LogP contribution is 2.35. The molecule has 4 rings (SSSR count). The molecule has 2 atom stereocenters. The molecule has 2 aliphatic rings. The molecule has 24 heavy (non-hydrogen) atoms. The third kappa shape index (κ3) is 2.73. The molecule has 2 saturated heterocycles. The molecule has 2 aromatic rings. The van der Waals surface area contributed by atoms with Gasteiger partial charge < -0.3 is 14.5 Å². The van der Waals surface area contributed by atoms with Crippen molar-refractivity contribution in [3.63, 3.8) is 0 Å². The smallest absolute Gasteiger partial charge is 0.227 e. The van der Waals surface area contributed by atoms with E-state index < -0.39 is 0 Å². The first-order valence-corrected chi connectivity index (χ1v) is 9.09. The highest BCUT2D eigenvalue weighted by Gasteiger charge is 2.45. The second kappa shape index (κ2) is 6.39. The van der Waals surface area contributed by atoms with E-state index in [1.165, 1.54) is 0 Å². The van der Waals surface area contributed by atoms with Crippen LogP contribution in [0.2, 0.25) is 0 Å². The predicted octanol–water partition coefficient (Wildman–Crippen LogP) is 1.97. The molecule has 0 spiro atoms. The molecule has 0 saturated carbocycles. The van der Waals surface area contributed by atoms with Gasteiger partial charge in [-0.3, -0.25) is 4.79 Å². The summed E-state index contributed by atoms with van der Waals surface area (Å²) in [4.78, 5) is 17.2. The Morgan fingerprint density at radius 1 is 1.33 bits per heavy atom. The molecule has 1 aromatic carbocycles. The summed E-state index contributed by atoms with van der Waals surface area (Å²) < 4.78 is 5.24. The largest absolute Gasteiger partial charge is 0.497 e. The van der Waals surface area contributed by atoms with E-state index in [0.29, 0.717) is 18.5 Å². The lowest BCUT2D eigenvalue weighted by Gasteiger charge is -2.25. The number of methoxy groups -OCH3 is 1. The average Bonchev–Trinajstić information content (AvgIpc) is 3.31. The van der Waals surface area contributed by atoms with Crippen molar-refractivity contribution < 1.29 is 9.53 Å². The molecule has 2 fully saturated rings. The van der Waals surface area contributed by atoms with Gasteiger partial charge in [-0.05, 0) is 30.5 Å². The fourth-order valence-electron chi connectivity index (χ4n) is 3.88. The van der Waals surface area contributed by atoms with Crippen LogP contribution < -0.4 is 9.64 Å². The number of fused-ring (bicyclic) bond motifs is 1. The number of carbonyl (C=O) groups excluding carboxylic acids is 1. The Bertz CT molecular complexity index is 721. The third-order valence-corrected chi connectivity index (χ3v) is 5.71. The minimum absolute atomic E-state index is 0.204. The van der Waals surface area contributed by atoms with Gasteiger partial charge in [0.1, 0.15) is 11.3 Å². The number of aromatic nitrogens is 2. The molecule has 126 valence electrons. The molecule has 0 radical (unpaired) electrons. The van der Waals surface area contributed by atoms with Gasteiger partial charge in [0.2, 0.25) is 11.0 Å². The van der Waals surface area contributed by atoms with Crippen molar-refractivity contribution >= 4 is 22.4 Å². The number of hydrogen-bond acceptors (Lipinski definition) is 6. The summed E-state index contributed by atoms with van der Waals surface area (Å²) in [6, 6.07) is 8.43. The fourth-order valence-corrected chi connectivity index (χ4v) is 4.53. The number of amides is 1. The summed E-state index contributed by atoms with van der Waals surface area (Å²) in [5.74, 6) is 0.998. The van der Waals surface area contributed by atoms with Crippen molar-refractivity contribution in [3.8, 4) is 5.75 Å². The topological polar surface area (TPSA) is 58.6 Å². The van der Waals surface area contributed by atoms with E-state index in [0.717, 1.165) is 42.4 Å². The molecule has 0 aliphatic carbocycles. The van der Waals surface area contributed by atoms with Crippen LogP contribution in [-0.2, 0) is 11.2 Å². The van der Waals surface area contributed by atoms with Gasteiger partial charge in [0.25, 0.3) is 0 Å². The van der Waals surface area contributed by atoms with Crippen molar-refractivity contribution in [2.45, 2.75) is 31.3 Å². The van der Waals surface area contributed by atoms with E-state index in [1.54, 1.807) is 24.0 Å². The monoisotopic (exact) mass is 344 g/mol. The number of likely N-dealkylation sites (tertiary alicyclic amines) is 1. The van der Waals surface area contributed by atoms with Gasteiger partial charge in [-0.2, -0.15) is 0 Å². The maximum atomic E-state index is 12.8. The zero-order chi connectivity index (χ0) is 16.5. The Morgan fingerprint density at radius 2 is 2.21 bits per heavy atom. The molecule has 1 amide bonds. The van der Waals surface area contributed by atoms with Crippen molar-refractivity contribution in [2.75, 3.05) is 25.1 Å². The summed E-state index contributed by atoms with van der Waals surface area (Å²) in [7, 11) is 1.65. The van der Waals surface area contributed by atoms with Crippen molar-refractivity contribution in [3.05, 3.63) is 35.3 Å². The number of anilines is 1. The number of nitrogens with zero attached hydrogens (tertiary/aromatic N) is 4. The van der Waals surface area contributed by atoms with E-state index >= 15 is 0 Å². The molecule has 0 unspecified atom stereocenters. The standard InChI is InChI=1S/C17H20N4O2S/c1-23-13-4-2-3-12(9-13)10-16(22)20-7-5-15-14(20)6-8-21(15)17-19-18-11-24-17/h2-4,9,11,14-15H,5-8,10H2,1H3/t14-,15+/m0/s1. The predicted molar refractivity (Wildman–Crippen MR) is 92.5 cm³/mol. The van der Waals surface area contributed by atoms with Crippen LogP contribution in [-0.4, -0.2) is 53.3 Å². The molecule has 0 N–H and O–H groups in total. The summed E-state index contributed by atoms with van der Waals surface area (Å²) in [5.41, 5.74) is 2.77. The zero-order valence-electron chi connectivity index (χ0n) is 13.6. The fraction of sp³-hybridized carbons (Fsp3) is 0.471. The van der Waals surface area contributed by atoms with Crippen LogP contribution in [0.5, 0.6) is 5.75 Å². The maximum absolute atomic E-state index is 12.8. The third-order valence-electron chi connectivity index (χ3n) is 4.98. The highest BCUT2D eigenvalue weighted by molar-refractivity contribution is 7.13. The van der Waals surface area contributed by atoms with E-state index in [1.807, 2.05) is 24.3 Å². The Balaban J connectivity index is 1.45. The van der Waals surface area contributed by atoms with Crippen LogP contribution in [0.3, 0.4) is 0 Å². The van der Waals surface area contributed by atoms with Gasteiger partial charge >= 0.3 is 0 Å². The first-order chi connectivity index (χ1) is 11.8. The Labute approximate surface area is 145 Å². The van der Waals surface area contributed by atoms with Crippen molar-refractivity contribution in [2.24, 2.45) is 0 Å². The van der Waals surface area contributed by atoms with Gasteiger partial charge in [-0.1, -0.05) is 23.5 Å². The minimum atomic E-state index is 0.204. The molecular formula is C17H20N4O2S. The van der Waals surface area contributed by atoms with Crippen LogP contribution in [0.4, 0.5) is 5.13 Å². The van der Waals surface area contributed by atoms with E-state index in [9.17, 15) is 4.79 Å². The summed E-state index contributed by atoms with van der Waals surface area (Å²) in [6.07, 6.45) is 2.45. The van der Waals surface area contributed by atoms with Gasteiger partial charge in [0.05, 0.1) is 25.6 Å². The lowest BCUT2D eigenvalue weighted by molar-refractivity contribution is -0.131. The molecular weight excluding hydrogens is 324 g/mol. The number of rotatable bonds is 4. The normalized spacial score (nSPS) is 22.7. The molecule has 2 aliphatic heterocycles. The van der Waals surface area contributed by atoms with Gasteiger partial charge in [0, 0.05) is 13.1 Å². The zero-order valence-corrected chi connectivity index (χ0v) is 14.4. The quantitative estimate of drug-likeness (QED) is 0.849. The second-order valence-electron chi connectivity index (χ2n) is 6.24. The average molecular weight is 344 g/mol. The van der Waals surface area contributed by atoms with Crippen molar-refractivity contribution in [1.29, 1.82) is 0 Å². The Hall–Kier alpha value is -2.15. The van der Waals surface area contributed by atoms with E-state index in [-0.39, 0.29) is 5.91 Å². The first-order valence-electron chi connectivity index (χ1n) is 8.21. The Morgan fingerprint density at radius 3 is 3.00 bits per heavy atom. The van der Waals surface area contributed by atoms with Gasteiger partial charge in [-0.25, -0.2) is 0 Å². The van der Waals surface area contributed by atoms with Gasteiger partial charge in [0.15, 0.2) is 0 Å². The van der Waals surface area contributed by atoms with Crippen LogP contribution in [0, 0.1) is 0 Å². The molecule has 3 heterocycles. The van der Waals surface area contributed by atoms with Crippen molar-refractivity contribution in [1.82, 2.24) is 15.1 Å². The van der Waals surface area contributed by atoms with Crippen LogP contribution in [0.1, 0.15) is 18.4 Å². The molecule has 7 heteroatoms. The number of ether oxygens (including phenoxy) is 1. The SMILES string of the molecule is COc1cccc(CC(=O)N2CC[C@@H]3[C@@H]2CCN3c2nncs2)c1. The van der Waals surface area contributed by atoms with Crippen LogP contribution in [0.25, 0.3) is 0 Å². The number of benzene rings is 1.